The molecule has 5 heteroatoms. The molecule has 0 saturated heterocycles. The highest BCUT2D eigenvalue weighted by molar-refractivity contribution is 5.77. The highest BCUT2D eigenvalue weighted by Gasteiger charge is 2.15. The lowest BCUT2D eigenvalue weighted by Crippen LogP contribution is -1.94. The van der Waals surface area contributed by atoms with Crippen molar-refractivity contribution in [1.29, 1.82) is 0 Å². The molecule has 0 unspecified atom stereocenters. The summed E-state index contributed by atoms with van der Waals surface area (Å²) in [6.07, 6.45) is 2.17. The number of rotatable bonds is 4. The molecule has 0 aliphatic rings. The minimum Gasteiger partial charge on any atom is -0.496 e. The summed E-state index contributed by atoms with van der Waals surface area (Å²) in [5.74, 6) is 1.81. The maximum atomic E-state index is 10.6. The van der Waals surface area contributed by atoms with Gasteiger partial charge in [-0.25, -0.2) is 4.98 Å². The third-order valence-corrected chi connectivity index (χ3v) is 2.39. The summed E-state index contributed by atoms with van der Waals surface area (Å²) in [6.45, 7) is 0. The third kappa shape index (κ3) is 1.99. The van der Waals surface area contributed by atoms with E-state index in [4.69, 9.17) is 9.47 Å². The third-order valence-electron chi connectivity index (χ3n) is 2.39. The van der Waals surface area contributed by atoms with Gasteiger partial charge in [-0.1, -0.05) is 6.07 Å². The number of carbonyl (C=O) groups is 1. The summed E-state index contributed by atoms with van der Waals surface area (Å²) in [4.78, 5) is 17.6. The lowest BCUT2D eigenvalue weighted by Gasteiger charge is -2.10. The molecule has 0 radical (unpaired) electrons. The Hall–Kier alpha value is -2.30. The molecule has 0 aliphatic heterocycles. The van der Waals surface area contributed by atoms with E-state index in [1.807, 2.05) is 6.07 Å². The molecule has 0 aliphatic carbocycles. The van der Waals surface area contributed by atoms with Crippen molar-refractivity contribution in [1.82, 2.24) is 9.97 Å². The zero-order valence-electron chi connectivity index (χ0n) is 9.56. The molecule has 2 rings (SSSR count). The van der Waals surface area contributed by atoms with Gasteiger partial charge < -0.3 is 14.5 Å². The fourth-order valence-electron chi connectivity index (χ4n) is 1.61. The smallest absolute Gasteiger partial charge is 0.167 e. The fraction of sp³-hybridized carbons (Fsp3) is 0.167. The first-order valence-corrected chi connectivity index (χ1v) is 5.01. The summed E-state index contributed by atoms with van der Waals surface area (Å²) in [7, 11) is 3.14. The van der Waals surface area contributed by atoms with Gasteiger partial charge in [0.1, 0.15) is 22.9 Å². The van der Waals surface area contributed by atoms with Gasteiger partial charge in [0.25, 0.3) is 0 Å². The summed E-state index contributed by atoms with van der Waals surface area (Å²) in [5, 5.41) is 0. The van der Waals surface area contributed by atoms with Gasteiger partial charge in [-0.15, -0.1) is 0 Å². The second-order valence-electron chi connectivity index (χ2n) is 3.34. The maximum Gasteiger partial charge on any atom is 0.167 e. The lowest BCUT2D eigenvalue weighted by atomic mass is 10.1. The molecule has 1 aromatic carbocycles. The van der Waals surface area contributed by atoms with E-state index in [0.717, 1.165) is 0 Å². The van der Waals surface area contributed by atoms with Gasteiger partial charge >= 0.3 is 0 Å². The zero-order chi connectivity index (χ0) is 12.3. The molecular weight excluding hydrogens is 220 g/mol. The molecule has 5 nitrogen and oxygen atoms in total. The molecule has 1 aromatic heterocycles. The van der Waals surface area contributed by atoms with Crippen LogP contribution in [0.3, 0.4) is 0 Å². The zero-order valence-corrected chi connectivity index (χ0v) is 9.56. The fourth-order valence-corrected chi connectivity index (χ4v) is 1.61. The molecule has 0 saturated carbocycles. The monoisotopic (exact) mass is 232 g/mol. The molecule has 1 N–H and O–H groups in total. The van der Waals surface area contributed by atoms with E-state index in [2.05, 4.69) is 9.97 Å². The minimum absolute atomic E-state index is 0.410. The first-order chi connectivity index (χ1) is 8.30. The van der Waals surface area contributed by atoms with E-state index in [1.54, 1.807) is 26.4 Å². The van der Waals surface area contributed by atoms with Crippen LogP contribution in [0.5, 0.6) is 11.5 Å². The molecule has 2 aromatic rings. The van der Waals surface area contributed by atoms with Crippen molar-refractivity contribution >= 4 is 6.29 Å². The highest BCUT2D eigenvalue weighted by atomic mass is 16.5. The average Bonchev–Trinajstić information content (AvgIpc) is 2.86. The number of benzene rings is 1. The minimum atomic E-state index is 0.410. The van der Waals surface area contributed by atoms with Gasteiger partial charge in [0.05, 0.1) is 26.1 Å². The molecule has 1 heterocycles. The number of methoxy groups -OCH3 is 2. The van der Waals surface area contributed by atoms with E-state index < -0.39 is 0 Å². The molecular formula is C12H12N2O3. The Morgan fingerprint density at radius 1 is 1.24 bits per heavy atom. The van der Waals surface area contributed by atoms with Crippen molar-refractivity contribution in [3.63, 3.8) is 0 Å². The number of H-pyrrole nitrogens is 1. The van der Waals surface area contributed by atoms with Crippen LogP contribution in [0.25, 0.3) is 11.4 Å². The quantitative estimate of drug-likeness (QED) is 0.818. The maximum absolute atomic E-state index is 10.6. The number of hydrogen-bond acceptors (Lipinski definition) is 4. The highest BCUT2D eigenvalue weighted by Crippen LogP contribution is 2.36. The Kier molecular flexibility index (Phi) is 3.09. The van der Waals surface area contributed by atoms with Crippen LogP contribution in [0.1, 0.15) is 10.5 Å². The van der Waals surface area contributed by atoms with E-state index >= 15 is 0 Å². The van der Waals surface area contributed by atoms with Crippen molar-refractivity contribution in [2.45, 2.75) is 0 Å². The lowest BCUT2D eigenvalue weighted by molar-refractivity contribution is 0.111. The van der Waals surface area contributed by atoms with Crippen LogP contribution in [-0.4, -0.2) is 30.5 Å². The molecule has 17 heavy (non-hydrogen) atoms. The van der Waals surface area contributed by atoms with Gasteiger partial charge in [0.15, 0.2) is 6.29 Å². The number of nitrogens with zero attached hydrogens (tertiary/aromatic N) is 1. The topological polar surface area (TPSA) is 64.2 Å². The first kappa shape index (κ1) is 11.2. The Morgan fingerprint density at radius 2 is 1.88 bits per heavy atom. The number of aromatic amines is 1. The second-order valence-corrected chi connectivity index (χ2v) is 3.34. The van der Waals surface area contributed by atoms with Crippen molar-refractivity contribution in [3.05, 3.63) is 30.1 Å². The summed E-state index contributed by atoms with van der Waals surface area (Å²) in [5.41, 5.74) is 1.11. The number of ether oxygens (including phenoxy) is 2. The van der Waals surface area contributed by atoms with Crippen molar-refractivity contribution in [2.75, 3.05) is 14.2 Å². The molecule has 0 atom stereocenters. The van der Waals surface area contributed by atoms with Gasteiger partial charge in [0, 0.05) is 0 Å². The Bertz CT molecular complexity index is 512. The van der Waals surface area contributed by atoms with Crippen LogP contribution in [-0.2, 0) is 0 Å². The first-order valence-electron chi connectivity index (χ1n) is 5.01. The Balaban J connectivity index is 2.59. The van der Waals surface area contributed by atoms with Gasteiger partial charge in [-0.2, -0.15) is 0 Å². The van der Waals surface area contributed by atoms with Gasteiger partial charge in [-0.05, 0) is 12.1 Å². The molecule has 88 valence electrons. The molecule has 0 fully saturated rings. The summed E-state index contributed by atoms with van der Waals surface area (Å²) in [6, 6.07) is 5.44. The summed E-state index contributed by atoms with van der Waals surface area (Å²) >= 11 is 0. The van der Waals surface area contributed by atoms with Gasteiger partial charge in [-0.3, -0.25) is 4.79 Å². The van der Waals surface area contributed by atoms with Crippen LogP contribution in [0, 0.1) is 0 Å². The van der Waals surface area contributed by atoms with E-state index in [0.29, 0.717) is 34.9 Å². The van der Waals surface area contributed by atoms with Crippen LogP contribution < -0.4 is 9.47 Å². The van der Waals surface area contributed by atoms with Crippen LogP contribution in [0.4, 0.5) is 0 Å². The van der Waals surface area contributed by atoms with Crippen LogP contribution in [0.2, 0.25) is 0 Å². The number of imidazole rings is 1. The molecule has 0 spiro atoms. The Morgan fingerprint density at radius 3 is 2.35 bits per heavy atom. The normalized spacial score (nSPS) is 10.0. The molecule has 0 amide bonds. The number of carbonyl (C=O) groups excluding carboxylic acids is 1. The second kappa shape index (κ2) is 4.69. The molecule has 0 bridgehead atoms. The predicted molar refractivity (Wildman–Crippen MR) is 62.5 cm³/mol. The van der Waals surface area contributed by atoms with E-state index in [-0.39, 0.29) is 0 Å². The number of hydrogen-bond donors (Lipinski definition) is 1. The van der Waals surface area contributed by atoms with Crippen molar-refractivity contribution < 1.29 is 14.3 Å². The van der Waals surface area contributed by atoms with Gasteiger partial charge in [0.2, 0.25) is 0 Å². The average molecular weight is 232 g/mol. The van der Waals surface area contributed by atoms with Crippen LogP contribution in [0.15, 0.2) is 24.4 Å². The van der Waals surface area contributed by atoms with Crippen molar-refractivity contribution in [3.8, 4) is 22.9 Å². The van der Waals surface area contributed by atoms with Crippen molar-refractivity contribution in [2.24, 2.45) is 0 Å². The largest absolute Gasteiger partial charge is 0.496 e. The van der Waals surface area contributed by atoms with Crippen LogP contribution >= 0.6 is 0 Å². The Labute approximate surface area is 98.4 Å². The number of nitrogens with one attached hydrogen (secondary N) is 1. The number of aromatic nitrogens is 2. The van der Waals surface area contributed by atoms with E-state index in [1.165, 1.54) is 6.20 Å². The van der Waals surface area contributed by atoms with E-state index in [9.17, 15) is 4.79 Å². The summed E-state index contributed by atoms with van der Waals surface area (Å²) < 4.78 is 10.5. The number of aldehydes is 1. The predicted octanol–water partition coefficient (Wildman–Crippen LogP) is 1.91. The SMILES string of the molecule is COc1cccc(OC)c1-c1ncc(C=O)[nH]1. The standard InChI is InChI=1S/C12H12N2O3/c1-16-9-4-3-5-10(17-2)11(9)12-13-6-8(7-15)14-12/h3-7H,1-2H3,(H,13,14).